The second-order valence-electron chi connectivity index (χ2n) is 6.65. The van der Waals surface area contributed by atoms with E-state index in [0.29, 0.717) is 5.92 Å². The summed E-state index contributed by atoms with van der Waals surface area (Å²) in [7, 11) is -1.57. The van der Waals surface area contributed by atoms with E-state index in [1.807, 2.05) is 0 Å². The third-order valence-corrected chi connectivity index (χ3v) is 5.80. The molecule has 0 unspecified atom stereocenters. The molecule has 0 fully saturated rings. The van der Waals surface area contributed by atoms with E-state index in [2.05, 4.69) is 53.4 Å². The zero-order chi connectivity index (χ0) is 13.3. The van der Waals surface area contributed by atoms with E-state index in [1.165, 1.54) is 11.1 Å². The lowest BCUT2D eigenvalue weighted by Gasteiger charge is -2.42. The highest BCUT2D eigenvalue weighted by molar-refractivity contribution is 6.71. The molecule has 0 radical (unpaired) electrons. The molecule has 0 saturated heterocycles. The minimum atomic E-state index is -1.57. The molecule has 0 aliphatic carbocycles. The zero-order valence-corrected chi connectivity index (χ0v) is 13.4. The van der Waals surface area contributed by atoms with Crippen LogP contribution >= 0.6 is 0 Å². The summed E-state index contributed by atoms with van der Waals surface area (Å²) in [5.41, 5.74) is 2.70. The highest BCUT2D eigenvalue weighted by atomic mass is 28.4. The summed E-state index contributed by atoms with van der Waals surface area (Å²) in [6.07, 6.45) is 4.45. The van der Waals surface area contributed by atoms with Crippen LogP contribution in [0.25, 0.3) is 0 Å². The van der Waals surface area contributed by atoms with E-state index in [9.17, 15) is 0 Å². The SMILES string of the molecule is C=C(C)C[C@]1(C(C)C)CC(C)=CC[Si](C)(C)O1. The van der Waals surface area contributed by atoms with Crippen LogP contribution in [0.2, 0.25) is 19.1 Å². The number of rotatable bonds is 3. The standard InChI is InChI=1S/C15H28OSi/c1-12(2)10-15(13(3)4)11-14(5)8-9-17(6,7)16-15/h8,13H,1,9-11H2,2-7H3/t15-/m1/s1. The quantitative estimate of drug-likeness (QED) is 0.512. The van der Waals surface area contributed by atoms with Gasteiger partial charge in [0, 0.05) is 0 Å². The molecule has 0 bridgehead atoms. The lowest BCUT2D eigenvalue weighted by Crippen LogP contribution is -2.47. The summed E-state index contributed by atoms with van der Waals surface area (Å²) in [5.74, 6) is 0.535. The van der Waals surface area contributed by atoms with Crippen molar-refractivity contribution >= 4 is 8.32 Å². The number of allylic oxidation sites excluding steroid dienone is 1. The molecule has 0 amide bonds. The van der Waals surface area contributed by atoms with Gasteiger partial charge in [-0.25, -0.2) is 0 Å². The van der Waals surface area contributed by atoms with Crippen molar-refractivity contribution in [1.82, 2.24) is 0 Å². The normalized spacial score (nSPS) is 28.8. The Bertz CT molecular complexity index is 328. The predicted octanol–water partition coefficient (Wildman–Crippen LogP) is 4.92. The minimum absolute atomic E-state index is 0.0152. The van der Waals surface area contributed by atoms with Crippen molar-refractivity contribution in [1.29, 1.82) is 0 Å². The average Bonchev–Trinajstić information content (AvgIpc) is 2.22. The maximum atomic E-state index is 6.66. The molecule has 17 heavy (non-hydrogen) atoms. The van der Waals surface area contributed by atoms with E-state index in [4.69, 9.17) is 4.43 Å². The molecule has 1 aliphatic rings. The number of hydrogen-bond donors (Lipinski definition) is 0. The van der Waals surface area contributed by atoms with Gasteiger partial charge in [0.1, 0.15) is 0 Å². The van der Waals surface area contributed by atoms with Crippen LogP contribution in [0.4, 0.5) is 0 Å². The molecule has 0 aromatic heterocycles. The average molecular weight is 252 g/mol. The van der Waals surface area contributed by atoms with Gasteiger partial charge < -0.3 is 4.43 Å². The Morgan fingerprint density at radius 1 is 1.53 bits per heavy atom. The molecule has 1 rings (SSSR count). The highest BCUT2D eigenvalue weighted by Crippen LogP contribution is 2.40. The molecular weight excluding hydrogens is 224 g/mol. The van der Waals surface area contributed by atoms with Crippen LogP contribution in [-0.2, 0) is 4.43 Å². The fourth-order valence-corrected chi connectivity index (χ4v) is 5.13. The molecular formula is C15H28OSi. The van der Waals surface area contributed by atoms with E-state index in [1.54, 1.807) is 0 Å². The summed E-state index contributed by atoms with van der Waals surface area (Å²) >= 11 is 0. The van der Waals surface area contributed by atoms with Crippen molar-refractivity contribution in [3.8, 4) is 0 Å². The Kier molecular flexibility index (Phi) is 4.42. The third kappa shape index (κ3) is 3.82. The molecule has 0 aromatic rings. The molecule has 1 aliphatic heterocycles. The summed E-state index contributed by atoms with van der Waals surface area (Å²) < 4.78 is 6.66. The lowest BCUT2D eigenvalue weighted by atomic mass is 9.80. The Labute approximate surface area is 108 Å². The van der Waals surface area contributed by atoms with Crippen LogP contribution in [0.15, 0.2) is 23.8 Å². The maximum absolute atomic E-state index is 6.66. The van der Waals surface area contributed by atoms with Crippen LogP contribution in [0.5, 0.6) is 0 Å². The van der Waals surface area contributed by atoms with Gasteiger partial charge >= 0.3 is 0 Å². The van der Waals surface area contributed by atoms with Crippen molar-refractivity contribution in [3.05, 3.63) is 23.8 Å². The Morgan fingerprint density at radius 2 is 2.12 bits per heavy atom. The number of hydrogen-bond acceptors (Lipinski definition) is 1. The van der Waals surface area contributed by atoms with E-state index < -0.39 is 8.32 Å². The van der Waals surface area contributed by atoms with Crippen molar-refractivity contribution in [2.24, 2.45) is 5.92 Å². The molecule has 1 heterocycles. The van der Waals surface area contributed by atoms with Gasteiger partial charge in [0.15, 0.2) is 8.32 Å². The van der Waals surface area contributed by atoms with E-state index in [0.717, 1.165) is 18.9 Å². The van der Waals surface area contributed by atoms with Crippen molar-refractivity contribution in [2.75, 3.05) is 0 Å². The van der Waals surface area contributed by atoms with Gasteiger partial charge in [0.2, 0.25) is 0 Å². The maximum Gasteiger partial charge on any atom is 0.191 e. The van der Waals surface area contributed by atoms with Crippen molar-refractivity contribution in [3.63, 3.8) is 0 Å². The molecule has 0 N–H and O–H groups in total. The Balaban J connectivity index is 3.09. The monoisotopic (exact) mass is 252 g/mol. The fraction of sp³-hybridized carbons (Fsp3) is 0.733. The molecule has 0 saturated carbocycles. The Morgan fingerprint density at radius 3 is 2.59 bits per heavy atom. The Hall–Kier alpha value is -0.343. The van der Waals surface area contributed by atoms with Gasteiger partial charge in [0.25, 0.3) is 0 Å². The molecule has 2 heteroatoms. The first-order valence-corrected chi connectivity index (χ1v) is 9.79. The minimum Gasteiger partial charge on any atom is -0.411 e. The first-order valence-electron chi connectivity index (χ1n) is 6.67. The summed E-state index contributed by atoms with van der Waals surface area (Å²) in [6.45, 7) is 17.7. The van der Waals surface area contributed by atoms with Crippen molar-refractivity contribution < 1.29 is 4.43 Å². The summed E-state index contributed by atoms with van der Waals surface area (Å²) in [5, 5.41) is 0. The van der Waals surface area contributed by atoms with Crippen LogP contribution in [-0.4, -0.2) is 13.9 Å². The van der Waals surface area contributed by atoms with Crippen molar-refractivity contribution in [2.45, 2.75) is 65.3 Å². The second kappa shape index (κ2) is 5.11. The fourth-order valence-electron chi connectivity index (χ4n) is 2.73. The smallest absolute Gasteiger partial charge is 0.191 e. The van der Waals surface area contributed by atoms with E-state index >= 15 is 0 Å². The van der Waals surface area contributed by atoms with Crippen LogP contribution in [0, 0.1) is 5.92 Å². The van der Waals surface area contributed by atoms with E-state index in [-0.39, 0.29) is 5.60 Å². The highest BCUT2D eigenvalue weighted by Gasteiger charge is 2.41. The van der Waals surface area contributed by atoms with Gasteiger partial charge in [-0.15, -0.1) is 6.58 Å². The zero-order valence-electron chi connectivity index (χ0n) is 12.4. The third-order valence-electron chi connectivity index (χ3n) is 3.65. The molecule has 98 valence electrons. The predicted molar refractivity (Wildman–Crippen MR) is 78.7 cm³/mol. The summed E-state index contributed by atoms with van der Waals surface area (Å²) in [4.78, 5) is 0. The summed E-state index contributed by atoms with van der Waals surface area (Å²) in [6, 6.07) is 1.14. The molecule has 1 nitrogen and oxygen atoms in total. The molecule has 0 aromatic carbocycles. The largest absolute Gasteiger partial charge is 0.411 e. The first kappa shape index (κ1) is 14.7. The van der Waals surface area contributed by atoms with Gasteiger partial charge in [-0.1, -0.05) is 31.1 Å². The topological polar surface area (TPSA) is 9.23 Å². The van der Waals surface area contributed by atoms with Crippen LogP contribution < -0.4 is 0 Å². The molecule has 1 atom stereocenters. The first-order chi connectivity index (χ1) is 7.67. The van der Waals surface area contributed by atoms with Gasteiger partial charge in [-0.05, 0) is 51.7 Å². The van der Waals surface area contributed by atoms with Crippen LogP contribution in [0.3, 0.4) is 0 Å². The van der Waals surface area contributed by atoms with Crippen LogP contribution in [0.1, 0.15) is 40.5 Å². The van der Waals surface area contributed by atoms with Gasteiger partial charge in [0.05, 0.1) is 5.60 Å². The molecule has 0 spiro atoms. The van der Waals surface area contributed by atoms with Gasteiger partial charge in [-0.2, -0.15) is 0 Å². The second-order valence-corrected chi connectivity index (χ2v) is 10.8. The van der Waals surface area contributed by atoms with Gasteiger partial charge in [-0.3, -0.25) is 0 Å². The lowest BCUT2D eigenvalue weighted by molar-refractivity contribution is 0.0157.